The predicted octanol–water partition coefficient (Wildman–Crippen LogP) is 1.08. The third-order valence-corrected chi connectivity index (χ3v) is 2.71. The molecule has 1 N–H and O–H groups in total. The van der Waals surface area contributed by atoms with Crippen LogP contribution in [-0.4, -0.2) is 41.2 Å². The summed E-state index contributed by atoms with van der Waals surface area (Å²) < 4.78 is 7.32. The molecular formula is C12H23N3O2. The van der Waals surface area contributed by atoms with Crippen molar-refractivity contribution in [3.8, 4) is 0 Å². The highest BCUT2D eigenvalue weighted by Gasteiger charge is 2.15. The largest absolute Gasteiger partial charge is 0.391 e. The Bertz CT molecular complexity index is 361. The number of aryl methyl sites for hydroxylation is 2. The number of ether oxygens (including phenoxy) is 1. The van der Waals surface area contributed by atoms with Crippen molar-refractivity contribution in [3.63, 3.8) is 0 Å². The summed E-state index contributed by atoms with van der Waals surface area (Å²) in [5, 5.41) is 13.7. The number of hydrogen-bond donors (Lipinski definition) is 1. The molecule has 0 unspecified atom stereocenters. The van der Waals surface area contributed by atoms with Gasteiger partial charge in [-0.2, -0.15) is 5.10 Å². The van der Waals surface area contributed by atoms with Crippen molar-refractivity contribution < 1.29 is 9.84 Å². The van der Waals surface area contributed by atoms with Crippen molar-refractivity contribution in [2.75, 3.05) is 25.1 Å². The minimum Gasteiger partial charge on any atom is -0.391 e. The molecule has 0 aliphatic rings. The van der Waals surface area contributed by atoms with Crippen molar-refractivity contribution >= 4 is 5.82 Å². The maximum Gasteiger partial charge on any atom is 0.132 e. The van der Waals surface area contributed by atoms with Gasteiger partial charge < -0.3 is 14.7 Å². The molecule has 0 aliphatic carbocycles. The minimum absolute atomic E-state index is 0.0182. The Kier molecular flexibility index (Phi) is 4.96. The van der Waals surface area contributed by atoms with E-state index >= 15 is 0 Å². The number of aromatic nitrogens is 2. The predicted molar refractivity (Wildman–Crippen MR) is 68.2 cm³/mol. The Labute approximate surface area is 103 Å². The van der Waals surface area contributed by atoms with E-state index in [0.29, 0.717) is 6.61 Å². The summed E-state index contributed by atoms with van der Waals surface area (Å²) in [7, 11) is 3.88. The van der Waals surface area contributed by atoms with Crippen LogP contribution >= 0.6 is 0 Å². The molecule has 17 heavy (non-hydrogen) atoms. The molecule has 0 aromatic carbocycles. The Morgan fingerprint density at radius 1 is 1.47 bits per heavy atom. The first kappa shape index (κ1) is 14.0. The van der Waals surface area contributed by atoms with E-state index in [1.807, 2.05) is 34.9 Å². The highest BCUT2D eigenvalue weighted by Crippen LogP contribution is 2.21. The summed E-state index contributed by atoms with van der Waals surface area (Å²) in [6.07, 6.45) is 0.244. The van der Waals surface area contributed by atoms with E-state index in [9.17, 15) is 5.11 Å². The van der Waals surface area contributed by atoms with Crippen LogP contribution in [0.4, 0.5) is 5.82 Å². The molecule has 0 saturated heterocycles. The lowest BCUT2D eigenvalue weighted by Gasteiger charge is -2.21. The summed E-state index contributed by atoms with van der Waals surface area (Å²) in [6, 6.07) is 0. The van der Waals surface area contributed by atoms with Gasteiger partial charge in [0.25, 0.3) is 0 Å². The number of aliphatic hydroxyl groups excluding tert-OH is 1. The number of aliphatic hydroxyl groups is 1. The Balaban J connectivity index is 2.71. The fourth-order valence-corrected chi connectivity index (χ4v) is 1.88. The zero-order valence-corrected chi connectivity index (χ0v) is 11.4. The number of likely N-dealkylation sites (N-methyl/N-ethyl adjacent to an activating group) is 1. The molecule has 1 rings (SSSR count). The monoisotopic (exact) mass is 241 g/mol. The average molecular weight is 241 g/mol. The van der Waals surface area contributed by atoms with E-state index in [0.717, 1.165) is 23.6 Å². The SMILES string of the molecule is Cc1nn(C)c(N(C)CCOC(C)C)c1CO. The fraction of sp³-hybridized carbons (Fsp3) is 0.750. The van der Waals surface area contributed by atoms with Crippen molar-refractivity contribution in [2.24, 2.45) is 7.05 Å². The van der Waals surface area contributed by atoms with E-state index in [-0.39, 0.29) is 12.7 Å². The smallest absolute Gasteiger partial charge is 0.132 e. The lowest BCUT2D eigenvalue weighted by Crippen LogP contribution is -2.26. The molecule has 0 radical (unpaired) electrons. The molecule has 98 valence electrons. The first-order valence-corrected chi connectivity index (χ1v) is 5.93. The number of nitrogens with zero attached hydrogens (tertiary/aromatic N) is 3. The van der Waals surface area contributed by atoms with Gasteiger partial charge in [0.1, 0.15) is 5.82 Å². The Morgan fingerprint density at radius 3 is 2.65 bits per heavy atom. The second-order valence-electron chi connectivity index (χ2n) is 4.51. The van der Waals surface area contributed by atoms with Crippen molar-refractivity contribution in [3.05, 3.63) is 11.3 Å². The molecule has 0 amide bonds. The second-order valence-corrected chi connectivity index (χ2v) is 4.51. The first-order valence-electron chi connectivity index (χ1n) is 5.93. The molecule has 1 aromatic rings. The standard InChI is InChI=1S/C12H23N3O2/c1-9(2)17-7-6-14(4)12-11(8-16)10(3)13-15(12)5/h9,16H,6-8H2,1-5H3. The summed E-state index contributed by atoms with van der Waals surface area (Å²) >= 11 is 0. The van der Waals surface area contributed by atoms with Gasteiger partial charge in [-0.1, -0.05) is 0 Å². The van der Waals surface area contributed by atoms with Crippen LogP contribution in [-0.2, 0) is 18.4 Å². The van der Waals surface area contributed by atoms with Gasteiger partial charge in [0.15, 0.2) is 0 Å². The van der Waals surface area contributed by atoms with Gasteiger partial charge in [0.2, 0.25) is 0 Å². The van der Waals surface area contributed by atoms with Gasteiger partial charge >= 0.3 is 0 Å². The van der Waals surface area contributed by atoms with Gasteiger partial charge in [0.05, 0.1) is 25.0 Å². The second kappa shape index (κ2) is 6.02. The third-order valence-electron chi connectivity index (χ3n) is 2.71. The molecule has 0 fully saturated rings. The van der Waals surface area contributed by atoms with Gasteiger partial charge in [-0.15, -0.1) is 0 Å². The molecular weight excluding hydrogens is 218 g/mol. The molecule has 5 heteroatoms. The van der Waals surface area contributed by atoms with E-state index in [1.165, 1.54) is 0 Å². The molecule has 0 atom stereocenters. The number of anilines is 1. The molecule has 5 nitrogen and oxygen atoms in total. The van der Waals surface area contributed by atoms with Crippen molar-refractivity contribution in [2.45, 2.75) is 33.5 Å². The zero-order valence-electron chi connectivity index (χ0n) is 11.4. The van der Waals surface area contributed by atoms with Gasteiger partial charge in [-0.3, -0.25) is 4.68 Å². The number of hydrogen-bond acceptors (Lipinski definition) is 4. The van der Waals surface area contributed by atoms with Crippen LogP contribution in [0.15, 0.2) is 0 Å². The van der Waals surface area contributed by atoms with Gasteiger partial charge in [-0.05, 0) is 20.8 Å². The highest BCUT2D eigenvalue weighted by molar-refractivity contribution is 5.49. The van der Waals surface area contributed by atoms with Gasteiger partial charge in [0, 0.05) is 26.2 Å². The van der Waals surface area contributed by atoms with Crippen molar-refractivity contribution in [1.82, 2.24) is 9.78 Å². The van der Waals surface area contributed by atoms with Crippen LogP contribution in [0.2, 0.25) is 0 Å². The van der Waals surface area contributed by atoms with Crippen LogP contribution in [0.3, 0.4) is 0 Å². The first-order chi connectivity index (χ1) is 7.97. The van der Waals surface area contributed by atoms with E-state index < -0.39 is 0 Å². The Hall–Kier alpha value is -1.07. The normalized spacial score (nSPS) is 11.2. The highest BCUT2D eigenvalue weighted by atomic mass is 16.5. The summed E-state index contributed by atoms with van der Waals surface area (Å²) in [5.74, 6) is 0.956. The lowest BCUT2D eigenvalue weighted by molar-refractivity contribution is 0.0844. The van der Waals surface area contributed by atoms with Crippen LogP contribution < -0.4 is 4.90 Å². The van der Waals surface area contributed by atoms with Crippen molar-refractivity contribution in [1.29, 1.82) is 0 Å². The van der Waals surface area contributed by atoms with Crippen LogP contribution in [0.5, 0.6) is 0 Å². The minimum atomic E-state index is 0.0182. The van der Waals surface area contributed by atoms with Gasteiger partial charge in [-0.25, -0.2) is 0 Å². The average Bonchev–Trinajstić information content (AvgIpc) is 2.52. The fourth-order valence-electron chi connectivity index (χ4n) is 1.88. The zero-order chi connectivity index (χ0) is 13.0. The summed E-state index contributed by atoms with van der Waals surface area (Å²) in [6.45, 7) is 7.42. The molecule has 1 heterocycles. The maximum absolute atomic E-state index is 9.36. The summed E-state index contributed by atoms with van der Waals surface area (Å²) in [4.78, 5) is 2.06. The number of rotatable bonds is 6. The Morgan fingerprint density at radius 2 is 2.12 bits per heavy atom. The van der Waals surface area contributed by atoms with Crippen LogP contribution in [0.25, 0.3) is 0 Å². The lowest BCUT2D eigenvalue weighted by atomic mass is 10.2. The van der Waals surface area contributed by atoms with Crippen LogP contribution in [0, 0.1) is 6.92 Å². The molecule has 1 aromatic heterocycles. The quantitative estimate of drug-likeness (QED) is 0.810. The van der Waals surface area contributed by atoms with E-state index in [2.05, 4.69) is 10.00 Å². The van der Waals surface area contributed by atoms with E-state index in [4.69, 9.17) is 4.74 Å². The third kappa shape index (κ3) is 3.44. The maximum atomic E-state index is 9.36. The molecule has 0 saturated carbocycles. The van der Waals surface area contributed by atoms with E-state index in [1.54, 1.807) is 4.68 Å². The molecule has 0 aliphatic heterocycles. The molecule has 0 spiro atoms. The topological polar surface area (TPSA) is 50.5 Å². The molecule has 0 bridgehead atoms. The summed E-state index contributed by atoms with van der Waals surface area (Å²) in [5.41, 5.74) is 1.76. The van der Waals surface area contributed by atoms with Crippen LogP contribution in [0.1, 0.15) is 25.1 Å².